The van der Waals surface area contributed by atoms with Crippen LogP contribution in [0.15, 0.2) is 54.6 Å². The van der Waals surface area contributed by atoms with E-state index in [0.717, 1.165) is 29.7 Å². The van der Waals surface area contributed by atoms with Crippen LogP contribution in [0.4, 0.5) is 0 Å². The lowest BCUT2D eigenvalue weighted by Gasteiger charge is -2.31. The highest BCUT2D eigenvalue weighted by Crippen LogP contribution is 2.28. The molecular weight excluding hydrogens is 428 g/mol. The molecule has 2 aromatic rings. The topological polar surface area (TPSA) is 61.8 Å². The minimum atomic E-state index is -0.596. The van der Waals surface area contributed by atoms with Gasteiger partial charge in [0.15, 0.2) is 0 Å². The standard InChI is InChI=1S/C29H40O5/c1-8-22(9-2)27(21(4)32-28(31)20(3)18-26(30)34-29(5,6)7)33-25-17-13-16-24(19-25)23-14-11-10-12-15-23/h10-17,19-22,27H,8-9,18H2,1-7H3/t20-,21+,27+/m1/s1. The summed E-state index contributed by atoms with van der Waals surface area (Å²) in [6, 6.07) is 18.1. The molecule has 2 rings (SSSR count). The summed E-state index contributed by atoms with van der Waals surface area (Å²) in [6.07, 6.45) is 1.000. The van der Waals surface area contributed by atoms with Gasteiger partial charge in [-0.2, -0.15) is 0 Å². The van der Waals surface area contributed by atoms with E-state index >= 15 is 0 Å². The number of ether oxygens (including phenoxy) is 3. The quantitative estimate of drug-likeness (QED) is 0.338. The summed E-state index contributed by atoms with van der Waals surface area (Å²) in [7, 11) is 0. The summed E-state index contributed by atoms with van der Waals surface area (Å²) >= 11 is 0. The Labute approximate surface area is 204 Å². The van der Waals surface area contributed by atoms with E-state index in [4.69, 9.17) is 14.2 Å². The molecule has 5 heteroatoms. The molecular formula is C29H40O5. The predicted molar refractivity (Wildman–Crippen MR) is 136 cm³/mol. The Morgan fingerprint density at radius 3 is 2.09 bits per heavy atom. The van der Waals surface area contributed by atoms with Crippen LogP contribution < -0.4 is 4.74 Å². The second-order valence-electron chi connectivity index (χ2n) is 9.89. The van der Waals surface area contributed by atoms with Crippen molar-refractivity contribution in [1.29, 1.82) is 0 Å². The monoisotopic (exact) mass is 468 g/mol. The van der Waals surface area contributed by atoms with Gasteiger partial charge in [0.2, 0.25) is 0 Å². The van der Waals surface area contributed by atoms with Gasteiger partial charge in [0.1, 0.15) is 23.6 Å². The molecule has 186 valence electrons. The molecule has 0 radical (unpaired) electrons. The summed E-state index contributed by atoms with van der Waals surface area (Å²) in [5.41, 5.74) is 1.59. The second-order valence-corrected chi connectivity index (χ2v) is 9.89. The first-order valence-electron chi connectivity index (χ1n) is 12.3. The number of benzene rings is 2. The normalized spacial score (nSPS) is 14.2. The van der Waals surface area contributed by atoms with Crippen molar-refractivity contribution in [3.05, 3.63) is 54.6 Å². The maximum Gasteiger partial charge on any atom is 0.309 e. The highest BCUT2D eigenvalue weighted by molar-refractivity contribution is 5.80. The van der Waals surface area contributed by atoms with E-state index in [-0.39, 0.29) is 18.4 Å². The van der Waals surface area contributed by atoms with E-state index in [1.165, 1.54) is 0 Å². The predicted octanol–water partition coefficient (Wildman–Crippen LogP) is 6.84. The van der Waals surface area contributed by atoms with Crippen LogP contribution in [0.1, 0.15) is 67.7 Å². The Bertz CT molecular complexity index is 912. The molecule has 3 atom stereocenters. The molecule has 0 aromatic heterocycles. The molecule has 0 spiro atoms. The average molecular weight is 469 g/mol. The smallest absolute Gasteiger partial charge is 0.309 e. The summed E-state index contributed by atoms with van der Waals surface area (Å²) in [4.78, 5) is 24.9. The number of hydrogen-bond donors (Lipinski definition) is 0. The van der Waals surface area contributed by atoms with Gasteiger partial charge in [0.05, 0.1) is 12.3 Å². The van der Waals surface area contributed by atoms with Crippen LogP contribution in [-0.2, 0) is 19.1 Å². The fourth-order valence-electron chi connectivity index (χ4n) is 3.95. The van der Waals surface area contributed by atoms with Gasteiger partial charge in [-0.1, -0.05) is 63.2 Å². The number of rotatable bonds is 11. The molecule has 2 aromatic carbocycles. The fourth-order valence-corrected chi connectivity index (χ4v) is 3.95. The van der Waals surface area contributed by atoms with Crippen molar-refractivity contribution in [3.63, 3.8) is 0 Å². The molecule has 0 saturated carbocycles. The van der Waals surface area contributed by atoms with Gasteiger partial charge in [-0.05, 0) is 69.7 Å². The molecule has 34 heavy (non-hydrogen) atoms. The molecule has 0 saturated heterocycles. The lowest BCUT2D eigenvalue weighted by atomic mass is 9.92. The summed E-state index contributed by atoms with van der Waals surface area (Å²) in [5.74, 6) is -0.473. The van der Waals surface area contributed by atoms with Crippen LogP contribution in [0.5, 0.6) is 5.75 Å². The molecule has 0 unspecified atom stereocenters. The highest BCUT2D eigenvalue weighted by Gasteiger charge is 2.32. The first kappa shape index (κ1) is 27.4. The molecule has 0 aliphatic rings. The maximum absolute atomic E-state index is 12.8. The number of esters is 2. The summed E-state index contributed by atoms with van der Waals surface area (Å²) < 4.78 is 17.6. The molecule has 0 fully saturated rings. The van der Waals surface area contributed by atoms with Crippen molar-refractivity contribution < 1.29 is 23.8 Å². The SMILES string of the molecule is CCC(CC)[C@@H](Oc1cccc(-c2ccccc2)c1)[C@H](C)OC(=O)[C@H](C)CC(=O)OC(C)(C)C. The molecule has 0 bridgehead atoms. The van der Waals surface area contributed by atoms with Gasteiger partial charge in [0, 0.05) is 0 Å². The third-order valence-electron chi connectivity index (χ3n) is 5.79. The van der Waals surface area contributed by atoms with E-state index in [1.807, 2.05) is 43.3 Å². The van der Waals surface area contributed by atoms with Crippen LogP contribution >= 0.6 is 0 Å². The van der Waals surface area contributed by atoms with E-state index in [1.54, 1.807) is 27.7 Å². The molecule has 0 heterocycles. The second kappa shape index (κ2) is 12.6. The van der Waals surface area contributed by atoms with Crippen LogP contribution in [-0.4, -0.2) is 29.7 Å². The largest absolute Gasteiger partial charge is 0.486 e. The van der Waals surface area contributed by atoms with Gasteiger partial charge in [0.25, 0.3) is 0 Å². The van der Waals surface area contributed by atoms with Crippen LogP contribution in [0.2, 0.25) is 0 Å². The van der Waals surface area contributed by atoms with Crippen LogP contribution in [0.25, 0.3) is 11.1 Å². The number of hydrogen-bond acceptors (Lipinski definition) is 5. The van der Waals surface area contributed by atoms with Crippen molar-refractivity contribution in [1.82, 2.24) is 0 Å². The molecule has 0 N–H and O–H groups in total. The van der Waals surface area contributed by atoms with E-state index in [2.05, 4.69) is 32.0 Å². The zero-order valence-corrected chi connectivity index (χ0v) is 21.7. The lowest BCUT2D eigenvalue weighted by molar-refractivity contribution is -0.166. The Morgan fingerprint density at radius 2 is 1.50 bits per heavy atom. The van der Waals surface area contributed by atoms with Crippen molar-refractivity contribution in [2.24, 2.45) is 11.8 Å². The number of carbonyl (C=O) groups is 2. The zero-order chi connectivity index (χ0) is 25.3. The van der Waals surface area contributed by atoms with Gasteiger partial charge >= 0.3 is 11.9 Å². The highest BCUT2D eigenvalue weighted by atomic mass is 16.6. The minimum absolute atomic E-state index is 0.0154. The third kappa shape index (κ3) is 8.51. The molecule has 0 amide bonds. The Morgan fingerprint density at radius 1 is 0.882 bits per heavy atom. The Balaban J connectivity index is 2.12. The molecule has 0 aliphatic heterocycles. The number of carbonyl (C=O) groups excluding carboxylic acids is 2. The van der Waals surface area contributed by atoms with Crippen molar-refractivity contribution in [2.75, 3.05) is 0 Å². The van der Waals surface area contributed by atoms with Crippen molar-refractivity contribution in [3.8, 4) is 16.9 Å². The van der Waals surface area contributed by atoms with Crippen LogP contribution in [0, 0.1) is 11.8 Å². The first-order valence-corrected chi connectivity index (χ1v) is 12.3. The van der Waals surface area contributed by atoms with E-state index in [0.29, 0.717) is 0 Å². The third-order valence-corrected chi connectivity index (χ3v) is 5.79. The molecule has 0 aliphatic carbocycles. The first-order chi connectivity index (χ1) is 16.0. The Kier molecular flexibility index (Phi) is 10.2. The van der Waals surface area contributed by atoms with Gasteiger partial charge in [-0.15, -0.1) is 0 Å². The summed E-state index contributed by atoms with van der Waals surface area (Å²) in [5, 5.41) is 0. The Hall–Kier alpha value is -2.82. The zero-order valence-electron chi connectivity index (χ0n) is 21.7. The minimum Gasteiger partial charge on any atom is -0.486 e. The summed E-state index contributed by atoms with van der Waals surface area (Å²) in [6.45, 7) is 13.2. The lowest BCUT2D eigenvalue weighted by Crippen LogP contribution is -2.40. The molecule has 5 nitrogen and oxygen atoms in total. The van der Waals surface area contributed by atoms with Crippen molar-refractivity contribution >= 4 is 11.9 Å². The average Bonchev–Trinajstić information content (AvgIpc) is 2.78. The van der Waals surface area contributed by atoms with E-state index in [9.17, 15) is 9.59 Å². The fraction of sp³-hybridized carbons (Fsp3) is 0.517. The van der Waals surface area contributed by atoms with E-state index < -0.39 is 29.6 Å². The van der Waals surface area contributed by atoms with Gasteiger partial charge in [-0.25, -0.2) is 0 Å². The van der Waals surface area contributed by atoms with Crippen LogP contribution in [0.3, 0.4) is 0 Å². The van der Waals surface area contributed by atoms with Gasteiger partial charge in [-0.3, -0.25) is 9.59 Å². The van der Waals surface area contributed by atoms with Crippen molar-refractivity contribution in [2.45, 2.75) is 85.5 Å². The maximum atomic E-state index is 12.8. The van der Waals surface area contributed by atoms with Gasteiger partial charge < -0.3 is 14.2 Å².